The van der Waals surface area contributed by atoms with Gasteiger partial charge in [0.25, 0.3) is 0 Å². The number of benzene rings is 1. The lowest BCUT2D eigenvalue weighted by Crippen LogP contribution is -2.27. The summed E-state index contributed by atoms with van der Waals surface area (Å²) in [5, 5.41) is 0. The third kappa shape index (κ3) is 2.91. The fourth-order valence-electron chi connectivity index (χ4n) is 2.21. The predicted octanol–water partition coefficient (Wildman–Crippen LogP) is 1.36. The summed E-state index contributed by atoms with van der Waals surface area (Å²) < 4.78 is 26.1. The van der Waals surface area contributed by atoms with Gasteiger partial charge in [-0.3, -0.25) is 0 Å². The van der Waals surface area contributed by atoms with Crippen molar-refractivity contribution in [2.24, 2.45) is 5.73 Å². The summed E-state index contributed by atoms with van der Waals surface area (Å²) in [5.41, 5.74) is 6.60. The molecular weight excluding hydrogens is 248 g/mol. The highest BCUT2D eigenvalue weighted by Crippen LogP contribution is 2.21. The second-order valence-corrected chi connectivity index (χ2v) is 6.59. The Bertz CT molecular complexity index is 476. The average Bonchev–Trinajstić information content (AvgIpc) is 2.91. The molecule has 1 heterocycles. The Morgan fingerprint density at radius 2 is 1.72 bits per heavy atom. The molecule has 100 valence electrons. The lowest BCUT2D eigenvalue weighted by Gasteiger charge is -2.15. The van der Waals surface area contributed by atoms with Gasteiger partial charge in [-0.15, -0.1) is 0 Å². The molecule has 1 fully saturated rings. The quantitative estimate of drug-likeness (QED) is 0.877. The van der Waals surface area contributed by atoms with Gasteiger partial charge in [0.2, 0.25) is 10.0 Å². The molecule has 0 bridgehead atoms. The first-order valence-corrected chi connectivity index (χ1v) is 7.88. The first-order chi connectivity index (χ1) is 8.64. The van der Waals surface area contributed by atoms with Crippen LogP contribution < -0.4 is 5.73 Å². The van der Waals surface area contributed by atoms with Gasteiger partial charge in [-0.25, -0.2) is 8.42 Å². The number of nitrogens with zero attached hydrogens (tertiary/aromatic N) is 1. The van der Waals surface area contributed by atoms with Crippen molar-refractivity contribution in [3.8, 4) is 0 Å². The summed E-state index contributed by atoms with van der Waals surface area (Å²) >= 11 is 0. The number of sulfonamides is 1. The molecule has 1 aliphatic heterocycles. The van der Waals surface area contributed by atoms with E-state index in [1.807, 2.05) is 12.1 Å². The summed E-state index contributed by atoms with van der Waals surface area (Å²) in [5.74, 6) is 0. The predicted molar refractivity (Wildman–Crippen MR) is 71.8 cm³/mol. The van der Waals surface area contributed by atoms with Crippen molar-refractivity contribution in [2.45, 2.75) is 30.6 Å². The van der Waals surface area contributed by atoms with E-state index in [9.17, 15) is 8.42 Å². The van der Waals surface area contributed by atoms with E-state index in [2.05, 4.69) is 0 Å². The number of aryl methyl sites for hydroxylation is 1. The van der Waals surface area contributed by atoms with E-state index in [0.29, 0.717) is 24.5 Å². The Kier molecular flexibility index (Phi) is 4.37. The van der Waals surface area contributed by atoms with Gasteiger partial charge in [0.05, 0.1) is 4.90 Å². The average molecular weight is 268 g/mol. The summed E-state index contributed by atoms with van der Waals surface area (Å²) in [6, 6.07) is 7.19. The number of rotatable bonds is 5. The van der Waals surface area contributed by atoms with Crippen LogP contribution in [0.5, 0.6) is 0 Å². The highest BCUT2D eigenvalue weighted by atomic mass is 32.2. The van der Waals surface area contributed by atoms with Crippen LogP contribution >= 0.6 is 0 Å². The van der Waals surface area contributed by atoms with Crippen LogP contribution in [-0.2, 0) is 16.4 Å². The monoisotopic (exact) mass is 268 g/mol. The molecule has 0 amide bonds. The normalized spacial score (nSPS) is 17.2. The minimum Gasteiger partial charge on any atom is -0.330 e. The van der Waals surface area contributed by atoms with Gasteiger partial charge in [-0.05, 0) is 49.9 Å². The van der Waals surface area contributed by atoms with Crippen LogP contribution in [0.1, 0.15) is 24.8 Å². The van der Waals surface area contributed by atoms with E-state index >= 15 is 0 Å². The van der Waals surface area contributed by atoms with E-state index in [-0.39, 0.29) is 0 Å². The molecule has 0 aliphatic carbocycles. The largest absolute Gasteiger partial charge is 0.330 e. The fourth-order valence-corrected chi connectivity index (χ4v) is 3.73. The van der Waals surface area contributed by atoms with Crippen molar-refractivity contribution < 1.29 is 8.42 Å². The summed E-state index contributed by atoms with van der Waals surface area (Å²) in [6.07, 6.45) is 3.76. The molecule has 1 aromatic carbocycles. The second kappa shape index (κ2) is 5.82. The molecule has 0 radical (unpaired) electrons. The first kappa shape index (κ1) is 13.5. The fraction of sp³-hybridized carbons (Fsp3) is 0.538. The van der Waals surface area contributed by atoms with Crippen LogP contribution in [-0.4, -0.2) is 32.4 Å². The summed E-state index contributed by atoms with van der Waals surface area (Å²) in [6.45, 7) is 1.96. The summed E-state index contributed by atoms with van der Waals surface area (Å²) in [7, 11) is -3.27. The minimum atomic E-state index is -3.27. The van der Waals surface area contributed by atoms with E-state index in [1.54, 1.807) is 16.4 Å². The van der Waals surface area contributed by atoms with E-state index in [1.165, 1.54) is 0 Å². The van der Waals surface area contributed by atoms with Gasteiger partial charge in [0.1, 0.15) is 0 Å². The van der Waals surface area contributed by atoms with Crippen LogP contribution in [0.15, 0.2) is 29.2 Å². The molecular formula is C13H20N2O2S. The van der Waals surface area contributed by atoms with Crippen molar-refractivity contribution >= 4 is 10.0 Å². The van der Waals surface area contributed by atoms with Crippen molar-refractivity contribution in [3.05, 3.63) is 29.8 Å². The standard InChI is InChI=1S/C13H20N2O2S/c14-9-3-4-12-5-7-13(8-6-12)18(16,17)15-10-1-2-11-15/h5-8H,1-4,9-11,14H2. The Morgan fingerprint density at radius 3 is 2.28 bits per heavy atom. The Morgan fingerprint density at radius 1 is 1.11 bits per heavy atom. The van der Waals surface area contributed by atoms with Crippen LogP contribution in [0.25, 0.3) is 0 Å². The second-order valence-electron chi connectivity index (χ2n) is 4.65. The molecule has 1 aromatic rings. The van der Waals surface area contributed by atoms with Crippen molar-refractivity contribution in [2.75, 3.05) is 19.6 Å². The highest BCUT2D eigenvalue weighted by Gasteiger charge is 2.26. The Labute approximate surface area is 109 Å². The Hall–Kier alpha value is -0.910. The molecule has 1 saturated heterocycles. The topological polar surface area (TPSA) is 63.4 Å². The van der Waals surface area contributed by atoms with Gasteiger partial charge in [-0.1, -0.05) is 12.1 Å². The maximum Gasteiger partial charge on any atom is 0.243 e. The molecule has 1 aliphatic rings. The van der Waals surface area contributed by atoms with E-state index in [4.69, 9.17) is 5.73 Å². The maximum absolute atomic E-state index is 12.3. The molecule has 2 rings (SSSR count). The molecule has 4 nitrogen and oxygen atoms in total. The third-order valence-electron chi connectivity index (χ3n) is 3.30. The molecule has 2 N–H and O–H groups in total. The van der Waals surface area contributed by atoms with Crippen LogP contribution in [0.2, 0.25) is 0 Å². The molecule has 0 saturated carbocycles. The van der Waals surface area contributed by atoms with E-state index in [0.717, 1.165) is 31.2 Å². The smallest absolute Gasteiger partial charge is 0.243 e. The van der Waals surface area contributed by atoms with Crippen LogP contribution in [0.4, 0.5) is 0 Å². The van der Waals surface area contributed by atoms with Gasteiger partial charge >= 0.3 is 0 Å². The third-order valence-corrected chi connectivity index (χ3v) is 5.21. The molecule has 0 atom stereocenters. The van der Waals surface area contributed by atoms with Crippen LogP contribution in [0.3, 0.4) is 0 Å². The van der Waals surface area contributed by atoms with Crippen molar-refractivity contribution in [1.29, 1.82) is 0 Å². The zero-order chi connectivity index (χ0) is 13.0. The zero-order valence-corrected chi connectivity index (χ0v) is 11.3. The summed E-state index contributed by atoms with van der Waals surface area (Å²) in [4.78, 5) is 0.404. The van der Waals surface area contributed by atoms with Gasteiger partial charge in [0.15, 0.2) is 0 Å². The van der Waals surface area contributed by atoms with Crippen LogP contribution in [0, 0.1) is 0 Å². The maximum atomic E-state index is 12.3. The van der Waals surface area contributed by atoms with E-state index < -0.39 is 10.0 Å². The lowest BCUT2D eigenvalue weighted by molar-refractivity contribution is 0.477. The van der Waals surface area contributed by atoms with Crippen molar-refractivity contribution in [3.63, 3.8) is 0 Å². The SMILES string of the molecule is NCCCc1ccc(S(=O)(=O)N2CCCC2)cc1. The van der Waals surface area contributed by atoms with Gasteiger partial charge in [-0.2, -0.15) is 4.31 Å². The molecule has 0 spiro atoms. The Balaban J connectivity index is 2.13. The van der Waals surface area contributed by atoms with Gasteiger partial charge in [0, 0.05) is 13.1 Å². The number of hydrogen-bond acceptors (Lipinski definition) is 3. The number of nitrogens with two attached hydrogens (primary N) is 1. The first-order valence-electron chi connectivity index (χ1n) is 6.44. The lowest BCUT2D eigenvalue weighted by atomic mass is 10.1. The molecule has 0 aromatic heterocycles. The molecule has 18 heavy (non-hydrogen) atoms. The molecule has 5 heteroatoms. The minimum absolute atomic E-state index is 0.404. The highest BCUT2D eigenvalue weighted by molar-refractivity contribution is 7.89. The zero-order valence-electron chi connectivity index (χ0n) is 10.5. The number of hydrogen-bond donors (Lipinski definition) is 1. The van der Waals surface area contributed by atoms with Gasteiger partial charge < -0.3 is 5.73 Å². The molecule has 0 unspecified atom stereocenters. The van der Waals surface area contributed by atoms with Crippen molar-refractivity contribution in [1.82, 2.24) is 4.31 Å².